The van der Waals surface area contributed by atoms with Crippen molar-refractivity contribution in [1.29, 1.82) is 15.8 Å². The number of aromatic nitrogens is 2. The molecule has 0 unspecified atom stereocenters. The lowest BCUT2D eigenvalue weighted by Gasteiger charge is -1.94. The van der Waals surface area contributed by atoms with Crippen molar-refractivity contribution < 1.29 is 0 Å². The van der Waals surface area contributed by atoms with Gasteiger partial charge >= 0.3 is 0 Å². The molecule has 0 atom stereocenters. The first-order chi connectivity index (χ1) is 10.8. The highest BCUT2D eigenvalue weighted by Crippen LogP contribution is 2.35. The molecule has 0 spiro atoms. The van der Waals surface area contributed by atoms with E-state index in [-0.39, 0.29) is 5.56 Å². The molecule has 3 rings (SSSR count). The van der Waals surface area contributed by atoms with Crippen molar-refractivity contribution in [3.63, 3.8) is 0 Å². The maximum absolute atomic E-state index is 9.34. The standard InChI is InChI=1S/C17H7N5/c18-8-11-4-13(9-19)15-6-12(17-21-2-1-3-22-17)7-16(15)14(5-11)10-20/h1-7H. The third kappa shape index (κ3) is 2.12. The van der Waals surface area contributed by atoms with E-state index < -0.39 is 0 Å². The normalized spacial score (nSPS) is 9.68. The van der Waals surface area contributed by atoms with Crippen LogP contribution in [-0.2, 0) is 0 Å². The van der Waals surface area contributed by atoms with Gasteiger partial charge in [-0.2, -0.15) is 15.8 Å². The zero-order valence-electron chi connectivity index (χ0n) is 11.3. The average Bonchev–Trinajstić information content (AvgIpc) is 2.95. The predicted octanol–water partition coefficient (Wildman–Crippen LogP) is 2.86. The summed E-state index contributed by atoms with van der Waals surface area (Å²) in [6, 6.07) is 14.4. The van der Waals surface area contributed by atoms with Gasteiger partial charge < -0.3 is 0 Å². The van der Waals surface area contributed by atoms with E-state index in [0.29, 0.717) is 28.1 Å². The molecule has 0 aliphatic heterocycles. The molecule has 0 saturated heterocycles. The molecule has 0 bridgehead atoms. The first kappa shape index (κ1) is 13.2. The summed E-state index contributed by atoms with van der Waals surface area (Å²) >= 11 is 0. The number of hydrogen-bond donors (Lipinski definition) is 0. The minimum Gasteiger partial charge on any atom is -0.237 e. The zero-order valence-corrected chi connectivity index (χ0v) is 11.3. The van der Waals surface area contributed by atoms with Crippen LogP contribution < -0.4 is 0 Å². The minimum atomic E-state index is 0.279. The van der Waals surface area contributed by atoms with E-state index in [0.717, 1.165) is 5.56 Å². The summed E-state index contributed by atoms with van der Waals surface area (Å²) in [5.74, 6) is 0.523. The molecular formula is C17H7N5. The second-order valence-electron chi connectivity index (χ2n) is 4.55. The zero-order chi connectivity index (χ0) is 15.5. The summed E-state index contributed by atoms with van der Waals surface area (Å²) in [6.45, 7) is 0. The fourth-order valence-corrected chi connectivity index (χ4v) is 2.29. The largest absolute Gasteiger partial charge is 0.237 e. The Hall–Kier alpha value is -3.75. The number of hydrogen-bond acceptors (Lipinski definition) is 5. The quantitative estimate of drug-likeness (QED) is 0.683. The Kier molecular flexibility index (Phi) is 3.20. The predicted molar refractivity (Wildman–Crippen MR) is 78.2 cm³/mol. The average molecular weight is 281 g/mol. The van der Waals surface area contributed by atoms with Crippen molar-refractivity contribution >= 4 is 0 Å². The molecule has 1 heterocycles. The summed E-state index contributed by atoms with van der Waals surface area (Å²) in [6.07, 6.45) is 3.26. The molecule has 2 aliphatic rings. The Balaban J connectivity index is 2.37. The molecule has 1 aromatic rings. The Morgan fingerprint density at radius 1 is 0.727 bits per heavy atom. The molecule has 0 amide bonds. The smallest absolute Gasteiger partial charge is 0.159 e. The van der Waals surface area contributed by atoms with Gasteiger partial charge in [-0.1, -0.05) is 0 Å². The molecule has 0 saturated carbocycles. The summed E-state index contributed by atoms with van der Waals surface area (Å²) in [5.41, 5.74) is 2.92. The fourth-order valence-electron chi connectivity index (χ4n) is 2.29. The van der Waals surface area contributed by atoms with Crippen molar-refractivity contribution in [3.05, 3.63) is 59.4 Å². The summed E-state index contributed by atoms with van der Waals surface area (Å²) in [5, 5.41) is 27.7. The summed E-state index contributed by atoms with van der Waals surface area (Å²) in [7, 11) is 0. The van der Waals surface area contributed by atoms with Crippen LogP contribution in [0.25, 0.3) is 22.5 Å². The number of nitrogens with zero attached hydrogens (tertiary/aromatic N) is 5. The van der Waals surface area contributed by atoms with Gasteiger partial charge in [0.1, 0.15) is 0 Å². The Labute approximate surface area is 126 Å². The van der Waals surface area contributed by atoms with E-state index in [1.165, 1.54) is 12.1 Å². The van der Waals surface area contributed by atoms with Crippen molar-refractivity contribution in [1.82, 2.24) is 9.97 Å². The highest BCUT2D eigenvalue weighted by Gasteiger charge is 2.17. The van der Waals surface area contributed by atoms with Crippen LogP contribution in [0, 0.1) is 34.0 Å². The van der Waals surface area contributed by atoms with Crippen LogP contribution in [0.3, 0.4) is 0 Å². The Bertz CT molecular complexity index is 904. The van der Waals surface area contributed by atoms with E-state index >= 15 is 0 Å². The first-order valence-electron chi connectivity index (χ1n) is 6.36. The van der Waals surface area contributed by atoms with Crippen molar-refractivity contribution in [2.45, 2.75) is 0 Å². The molecule has 22 heavy (non-hydrogen) atoms. The van der Waals surface area contributed by atoms with E-state index in [2.05, 4.69) is 22.1 Å². The lowest BCUT2D eigenvalue weighted by molar-refractivity contribution is 1.18. The molecule has 100 valence electrons. The van der Waals surface area contributed by atoms with E-state index in [1.54, 1.807) is 30.6 Å². The SMILES string of the molecule is N#Cc1cc(C#N)c2cc(-c3ncccn3)cc-2c(C#N)c1. The van der Waals surface area contributed by atoms with Gasteiger partial charge in [0.05, 0.1) is 34.9 Å². The van der Waals surface area contributed by atoms with Crippen molar-refractivity contribution in [2.75, 3.05) is 0 Å². The lowest BCUT2D eigenvalue weighted by Crippen LogP contribution is -1.83. The summed E-state index contributed by atoms with van der Waals surface area (Å²) in [4.78, 5) is 8.35. The molecule has 0 radical (unpaired) electrons. The van der Waals surface area contributed by atoms with Crippen LogP contribution in [-0.4, -0.2) is 9.97 Å². The second kappa shape index (κ2) is 5.32. The van der Waals surface area contributed by atoms with Gasteiger partial charge in [0, 0.05) is 29.1 Å². The molecule has 2 aliphatic carbocycles. The van der Waals surface area contributed by atoms with Gasteiger partial charge in [0.15, 0.2) is 5.82 Å². The fraction of sp³-hybridized carbons (Fsp3) is 0. The minimum absolute atomic E-state index is 0.279. The van der Waals surface area contributed by atoms with Crippen LogP contribution in [0.1, 0.15) is 16.7 Å². The molecule has 0 fully saturated rings. The summed E-state index contributed by atoms with van der Waals surface area (Å²) < 4.78 is 0. The van der Waals surface area contributed by atoms with Crippen molar-refractivity contribution in [2.24, 2.45) is 0 Å². The van der Waals surface area contributed by atoms with Crippen LogP contribution in [0.4, 0.5) is 0 Å². The van der Waals surface area contributed by atoms with Crippen LogP contribution >= 0.6 is 0 Å². The lowest BCUT2D eigenvalue weighted by atomic mass is 10.1. The van der Waals surface area contributed by atoms with E-state index in [1.807, 2.05) is 6.07 Å². The molecule has 5 heteroatoms. The van der Waals surface area contributed by atoms with E-state index in [4.69, 9.17) is 5.26 Å². The van der Waals surface area contributed by atoms with Gasteiger partial charge in [0.25, 0.3) is 0 Å². The van der Waals surface area contributed by atoms with Crippen LogP contribution in [0.2, 0.25) is 0 Å². The third-order valence-corrected chi connectivity index (χ3v) is 3.26. The highest BCUT2D eigenvalue weighted by molar-refractivity contribution is 5.85. The number of nitriles is 3. The Morgan fingerprint density at radius 2 is 1.27 bits per heavy atom. The van der Waals surface area contributed by atoms with Crippen molar-refractivity contribution in [3.8, 4) is 40.7 Å². The molecule has 1 aromatic heterocycles. The molecule has 5 nitrogen and oxygen atoms in total. The Morgan fingerprint density at radius 3 is 1.73 bits per heavy atom. The number of rotatable bonds is 1. The highest BCUT2D eigenvalue weighted by atomic mass is 14.8. The van der Waals surface area contributed by atoms with Gasteiger partial charge in [-0.3, -0.25) is 0 Å². The van der Waals surface area contributed by atoms with Crippen LogP contribution in [0.15, 0.2) is 42.7 Å². The van der Waals surface area contributed by atoms with Gasteiger partial charge in [-0.05, 0) is 30.3 Å². The topological polar surface area (TPSA) is 97.2 Å². The molecular weight excluding hydrogens is 274 g/mol. The van der Waals surface area contributed by atoms with Gasteiger partial charge in [0.2, 0.25) is 0 Å². The molecule has 0 aromatic carbocycles. The first-order valence-corrected chi connectivity index (χ1v) is 6.36. The maximum atomic E-state index is 9.34. The van der Waals surface area contributed by atoms with E-state index in [9.17, 15) is 10.5 Å². The number of fused-ring (bicyclic) bond motifs is 1. The molecule has 0 N–H and O–H groups in total. The maximum Gasteiger partial charge on any atom is 0.159 e. The van der Waals surface area contributed by atoms with Gasteiger partial charge in [-0.25, -0.2) is 9.97 Å². The van der Waals surface area contributed by atoms with Gasteiger partial charge in [-0.15, -0.1) is 0 Å². The monoisotopic (exact) mass is 281 g/mol. The second-order valence-corrected chi connectivity index (χ2v) is 4.55. The third-order valence-electron chi connectivity index (χ3n) is 3.26. The van der Waals surface area contributed by atoms with Crippen LogP contribution in [0.5, 0.6) is 0 Å².